The smallest absolute Gasteiger partial charge is 0.223 e. The third-order valence-electron chi connectivity index (χ3n) is 3.87. The van der Waals surface area contributed by atoms with E-state index in [9.17, 15) is 9.18 Å². The number of halogens is 2. The van der Waals surface area contributed by atoms with Crippen LogP contribution < -0.4 is 5.73 Å². The summed E-state index contributed by atoms with van der Waals surface area (Å²) >= 11 is 1.59. The van der Waals surface area contributed by atoms with E-state index >= 15 is 0 Å². The fraction of sp³-hybridized carbons (Fsp3) is 0.562. The van der Waals surface area contributed by atoms with Crippen LogP contribution in [0.3, 0.4) is 0 Å². The number of benzene rings is 1. The van der Waals surface area contributed by atoms with Gasteiger partial charge in [0.05, 0.1) is 0 Å². The molecule has 0 radical (unpaired) electrons. The lowest BCUT2D eigenvalue weighted by Crippen LogP contribution is -2.51. The average Bonchev–Trinajstić information content (AvgIpc) is 2.49. The molecule has 1 aromatic rings. The Morgan fingerprint density at radius 1 is 1.41 bits per heavy atom. The van der Waals surface area contributed by atoms with E-state index in [1.165, 1.54) is 12.1 Å². The molecule has 0 aliphatic carbocycles. The minimum Gasteiger partial charge on any atom is -0.338 e. The number of nitrogens with two attached hydrogens (primary N) is 1. The van der Waals surface area contributed by atoms with Crippen molar-refractivity contribution in [3.05, 3.63) is 30.1 Å². The monoisotopic (exact) mass is 346 g/mol. The normalized spacial score (nSPS) is 19.4. The summed E-state index contributed by atoms with van der Waals surface area (Å²) in [6, 6.07) is 6.59. The van der Waals surface area contributed by atoms with Crippen molar-refractivity contribution in [2.75, 3.05) is 12.3 Å². The summed E-state index contributed by atoms with van der Waals surface area (Å²) in [6.07, 6.45) is 3.74. The lowest BCUT2D eigenvalue weighted by molar-refractivity contribution is -0.134. The van der Waals surface area contributed by atoms with E-state index in [0.717, 1.165) is 30.7 Å². The molecule has 1 aliphatic heterocycles. The molecule has 0 spiro atoms. The van der Waals surface area contributed by atoms with Gasteiger partial charge in [0.1, 0.15) is 5.82 Å². The standard InChI is InChI=1S/C16H23FN2OS.ClH/c1-12(18)15-4-2-3-10-19(15)16(20)9-11-21-14-7-5-13(17)6-8-14;/h5-8,12,15H,2-4,9-11,18H2,1H3;1H. The first-order valence-electron chi connectivity index (χ1n) is 7.51. The molecule has 0 bridgehead atoms. The zero-order valence-electron chi connectivity index (χ0n) is 12.8. The molecule has 1 amide bonds. The third kappa shape index (κ3) is 5.45. The molecular weight excluding hydrogens is 323 g/mol. The molecule has 1 fully saturated rings. The number of thioether (sulfide) groups is 1. The van der Waals surface area contributed by atoms with Gasteiger partial charge in [-0.25, -0.2) is 4.39 Å². The highest BCUT2D eigenvalue weighted by molar-refractivity contribution is 7.99. The molecule has 124 valence electrons. The molecule has 0 aromatic heterocycles. The first-order valence-corrected chi connectivity index (χ1v) is 8.50. The maximum atomic E-state index is 12.8. The molecular formula is C16H24ClFN2OS. The number of carbonyl (C=O) groups excluding carboxylic acids is 1. The van der Waals surface area contributed by atoms with Gasteiger partial charge in [0.25, 0.3) is 0 Å². The van der Waals surface area contributed by atoms with E-state index in [2.05, 4.69) is 0 Å². The number of amides is 1. The van der Waals surface area contributed by atoms with Crippen LogP contribution in [-0.4, -0.2) is 35.2 Å². The van der Waals surface area contributed by atoms with Gasteiger partial charge in [-0.15, -0.1) is 24.2 Å². The predicted molar refractivity (Wildman–Crippen MR) is 92.0 cm³/mol. The van der Waals surface area contributed by atoms with E-state index in [1.54, 1.807) is 23.9 Å². The molecule has 0 saturated carbocycles. The molecule has 22 heavy (non-hydrogen) atoms. The van der Waals surface area contributed by atoms with Crippen molar-refractivity contribution in [3.63, 3.8) is 0 Å². The Morgan fingerprint density at radius 3 is 2.73 bits per heavy atom. The number of hydrogen-bond acceptors (Lipinski definition) is 3. The Hall–Kier alpha value is -0.780. The average molecular weight is 347 g/mol. The summed E-state index contributed by atoms with van der Waals surface area (Å²) < 4.78 is 12.8. The van der Waals surface area contributed by atoms with E-state index in [-0.39, 0.29) is 36.2 Å². The highest BCUT2D eigenvalue weighted by atomic mass is 35.5. The molecule has 1 aromatic carbocycles. The van der Waals surface area contributed by atoms with Gasteiger partial charge in [0.2, 0.25) is 5.91 Å². The van der Waals surface area contributed by atoms with Gasteiger partial charge in [0, 0.05) is 35.7 Å². The molecule has 1 aliphatic rings. The van der Waals surface area contributed by atoms with Crippen LogP contribution in [0.2, 0.25) is 0 Å². The zero-order valence-corrected chi connectivity index (χ0v) is 14.5. The van der Waals surface area contributed by atoms with Gasteiger partial charge in [-0.05, 0) is 50.5 Å². The van der Waals surface area contributed by atoms with Gasteiger partial charge in [-0.3, -0.25) is 4.79 Å². The number of carbonyl (C=O) groups is 1. The van der Waals surface area contributed by atoms with Gasteiger partial charge < -0.3 is 10.6 Å². The maximum absolute atomic E-state index is 12.8. The number of nitrogens with zero attached hydrogens (tertiary/aromatic N) is 1. The minimum atomic E-state index is -0.233. The van der Waals surface area contributed by atoms with Crippen LogP contribution in [0.5, 0.6) is 0 Å². The second kappa shape index (κ2) is 9.38. The van der Waals surface area contributed by atoms with E-state index in [4.69, 9.17) is 5.73 Å². The lowest BCUT2D eigenvalue weighted by Gasteiger charge is -2.38. The second-order valence-electron chi connectivity index (χ2n) is 5.56. The SMILES string of the molecule is CC(N)C1CCCCN1C(=O)CCSc1ccc(F)cc1.Cl. The minimum absolute atomic E-state index is 0. The number of piperidine rings is 1. The second-order valence-corrected chi connectivity index (χ2v) is 6.73. The van der Waals surface area contributed by atoms with Crippen molar-refractivity contribution in [1.82, 2.24) is 4.90 Å². The summed E-state index contributed by atoms with van der Waals surface area (Å²) in [5.74, 6) is 0.669. The zero-order chi connectivity index (χ0) is 15.2. The maximum Gasteiger partial charge on any atom is 0.223 e. The molecule has 2 N–H and O–H groups in total. The van der Waals surface area contributed by atoms with Crippen LogP contribution in [0.15, 0.2) is 29.2 Å². The van der Waals surface area contributed by atoms with Crippen molar-refractivity contribution in [3.8, 4) is 0 Å². The quantitative estimate of drug-likeness (QED) is 0.830. The van der Waals surface area contributed by atoms with Crippen LogP contribution in [0.1, 0.15) is 32.6 Å². The van der Waals surface area contributed by atoms with Crippen molar-refractivity contribution in [2.45, 2.75) is 49.6 Å². The van der Waals surface area contributed by atoms with Crippen LogP contribution >= 0.6 is 24.2 Å². The summed E-state index contributed by atoms with van der Waals surface area (Å²) in [6.45, 7) is 2.80. The topological polar surface area (TPSA) is 46.3 Å². The Balaban J connectivity index is 0.00000242. The summed E-state index contributed by atoms with van der Waals surface area (Å²) in [7, 11) is 0. The summed E-state index contributed by atoms with van der Waals surface area (Å²) in [5, 5.41) is 0. The largest absolute Gasteiger partial charge is 0.338 e. The Morgan fingerprint density at radius 2 is 2.09 bits per heavy atom. The van der Waals surface area contributed by atoms with Crippen molar-refractivity contribution in [1.29, 1.82) is 0 Å². The fourth-order valence-electron chi connectivity index (χ4n) is 2.74. The molecule has 2 atom stereocenters. The first-order chi connectivity index (χ1) is 10.1. The van der Waals surface area contributed by atoms with Gasteiger partial charge >= 0.3 is 0 Å². The molecule has 1 saturated heterocycles. The number of hydrogen-bond donors (Lipinski definition) is 1. The molecule has 1 heterocycles. The van der Waals surface area contributed by atoms with Gasteiger partial charge in [-0.1, -0.05) is 0 Å². The highest BCUT2D eigenvalue weighted by Gasteiger charge is 2.28. The molecule has 2 unspecified atom stereocenters. The van der Waals surface area contributed by atoms with Crippen LogP contribution in [0, 0.1) is 5.82 Å². The van der Waals surface area contributed by atoms with E-state index in [0.29, 0.717) is 12.2 Å². The van der Waals surface area contributed by atoms with Crippen LogP contribution in [-0.2, 0) is 4.79 Å². The van der Waals surface area contributed by atoms with Crippen LogP contribution in [0.25, 0.3) is 0 Å². The predicted octanol–water partition coefficient (Wildman–Crippen LogP) is 3.46. The van der Waals surface area contributed by atoms with Crippen LogP contribution in [0.4, 0.5) is 4.39 Å². The van der Waals surface area contributed by atoms with Gasteiger partial charge in [-0.2, -0.15) is 0 Å². The molecule has 6 heteroatoms. The van der Waals surface area contributed by atoms with Crippen molar-refractivity contribution < 1.29 is 9.18 Å². The fourth-order valence-corrected chi connectivity index (χ4v) is 3.59. The molecule has 2 rings (SSSR count). The first kappa shape index (κ1) is 19.3. The Bertz CT molecular complexity index is 470. The highest BCUT2D eigenvalue weighted by Crippen LogP contribution is 2.22. The third-order valence-corrected chi connectivity index (χ3v) is 4.89. The summed E-state index contributed by atoms with van der Waals surface area (Å²) in [5.41, 5.74) is 5.99. The Kier molecular flexibility index (Phi) is 8.21. The van der Waals surface area contributed by atoms with E-state index in [1.807, 2.05) is 11.8 Å². The van der Waals surface area contributed by atoms with Crippen molar-refractivity contribution in [2.24, 2.45) is 5.73 Å². The lowest BCUT2D eigenvalue weighted by atomic mass is 9.96. The Labute approximate surface area is 142 Å². The van der Waals surface area contributed by atoms with Crippen molar-refractivity contribution >= 4 is 30.1 Å². The van der Waals surface area contributed by atoms with E-state index < -0.39 is 0 Å². The molecule has 3 nitrogen and oxygen atoms in total. The summed E-state index contributed by atoms with van der Waals surface area (Å²) in [4.78, 5) is 15.3. The number of likely N-dealkylation sites (tertiary alicyclic amines) is 1. The number of rotatable bonds is 5. The van der Waals surface area contributed by atoms with Gasteiger partial charge in [0.15, 0.2) is 0 Å².